The van der Waals surface area contributed by atoms with Crippen molar-refractivity contribution in [3.8, 4) is 0 Å². The first-order valence-corrected chi connectivity index (χ1v) is 9.84. The van der Waals surface area contributed by atoms with Gasteiger partial charge in [0.25, 0.3) is 0 Å². The van der Waals surface area contributed by atoms with E-state index < -0.39 is 0 Å². The minimum Gasteiger partial charge on any atom is -0.325 e. The first kappa shape index (κ1) is 18.3. The summed E-state index contributed by atoms with van der Waals surface area (Å²) in [6, 6.07) is 7.08. The number of carbonyl (C=O) groups is 1. The second-order valence-electron chi connectivity index (χ2n) is 4.84. The van der Waals surface area contributed by atoms with Crippen molar-refractivity contribution in [1.82, 2.24) is 10.2 Å². The van der Waals surface area contributed by atoms with Crippen molar-refractivity contribution in [2.75, 3.05) is 11.1 Å². The smallest absolute Gasteiger partial charge is 0.237 e. The summed E-state index contributed by atoms with van der Waals surface area (Å²) in [5.74, 6) is 0.730. The van der Waals surface area contributed by atoms with E-state index in [1.807, 2.05) is 13.8 Å². The Morgan fingerprint density at radius 1 is 1.43 bits per heavy atom. The average Bonchev–Trinajstić information content (AvgIpc) is 2.92. The van der Waals surface area contributed by atoms with E-state index in [2.05, 4.69) is 22.1 Å². The molecule has 0 aliphatic carbocycles. The van der Waals surface area contributed by atoms with Crippen molar-refractivity contribution >= 4 is 58.1 Å². The molecule has 0 radical (unpaired) electrons. The number of carbonyl (C=O) groups excluding carboxylic acids is 1. The van der Waals surface area contributed by atoms with Gasteiger partial charge in [-0.25, -0.2) is 0 Å². The molecule has 0 aliphatic heterocycles. The molecule has 23 heavy (non-hydrogen) atoms. The zero-order chi connectivity index (χ0) is 16.8. The molecule has 0 saturated heterocycles. The predicted molar refractivity (Wildman–Crippen MR) is 101 cm³/mol. The Morgan fingerprint density at radius 3 is 2.87 bits per heavy atom. The van der Waals surface area contributed by atoms with Gasteiger partial charge in [0.1, 0.15) is 0 Å². The number of aromatic nitrogens is 2. The molecule has 0 spiro atoms. The van der Waals surface area contributed by atoms with Crippen LogP contribution in [-0.4, -0.2) is 27.1 Å². The minimum atomic E-state index is -0.277. The van der Waals surface area contributed by atoms with E-state index in [1.165, 1.54) is 23.1 Å². The van der Waals surface area contributed by atoms with Crippen molar-refractivity contribution in [1.29, 1.82) is 0 Å². The molecule has 1 aromatic heterocycles. The summed E-state index contributed by atoms with van der Waals surface area (Å²) in [5, 5.41) is 11.4. The number of rotatable bonds is 7. The molecule has 1 amide bonds. The van der Waals surface area contributed by atoms with Crippen LogP contribution in [0.15, 0.2) is 45.1 Å². The molecular weight excluding hydrogens is 370 g/mol. The largest absolute Gasteiger partial charge is 0.325 e. The molecule has 8 heteroatoms. The Hall–Kier alpha value is -1.02. The van der Waals surface area contributed by atoms with Crippen LogP contribution >= 0.6 is 46.5 Å². The van der Waals surface area contributed by atoms with Crippen LogP contribution in [0, 0.1) is 0 Å². The Labute approximate surface area is 153 Å². The number of benzene rings is 1. The summed E-state index contributed by atoms with van der Waals surface area (Å²) >= 11 is 10.4. The third-order valence-electron chi connectivity index (χ3n) is 2.57. The molecule has 1 atom stereocenters. The highest BCUT2D eigenvalue weighted by molar-refractivity contribution is 8.04. The van der Waals surface area contributed by atoms with E-state index in [4.69, 9.17) is 11.6 Å². The zero-order valence-electron chi connectivity index (χ0n) is 12.7. The third-order valence-corrected chi connectivity index (χ3v) is 6.28. The zero-order valence-corrected chi connectivity index (χ0v) is 15.9. The van der Waals surface area contributed by atoms with Crippen LogP contribution in [0.25, 0.3) is 0 Å². The first-order valence-electron chi connectivity index (χ1n) is 6.78. The van der Waals surface area contributed by atoms with Crippen LogP contribution in [-0.2, 0) is 4.79 Å². The van der Waals surface area contributed by atoms with Gasteiger partial charge < -0.3 is 5.32 Å². The number of nitrogens with one attached hydrogen (secondary N) is 1. The lowest BCUT2D eigenvalue weighted by Gasteiger charge is -2.10. The molecule has 4 nitrogen and oxygen atoms in total. The van der Waals surface area contributed by atoms with Crippen molar-refractivity contribution < 1.29 is 4.79 Å². The van der Waals surface area contributed by atoms with Gasteiger partial charge in [0.15, 0.2) is 8.68 Å². The Balaban J connectivity index is 1.89. The second-order valence-corrected chi connectivity index (χ2v) is 9.06. The number of hydrogen-bond donors (Lipinski definition) is 1. The molecule has 0 fully saturated rings. The molecule has 1 N–H and O–H groups in total. The number of halogens is 1. The lowest BCUT2D eigenvalue weighted by molar-refractivity contribution is -0.115. The van der Waals surface area contributed by atoms with Gasteiger partial charge in [0, 0.05) is 16.5 Å². The van der Waals surface area contributed by atoms with E-state index in [1.54, 1.807) is 36.0 Å². The van der Waals surface area contributed by atoms with E-state index >= 15 is 0 Å². The van der Waals surface area contributed by atoms with E-state index in [9.17, 15) is 4.79 Å². The Bertz CT molecular complexity index is 705. The maximum Gasteiger partial charge on any atom is 0.237 e. The second kappa shape index (κ2) is 8.73. The molecule has 122 valence electrons. The highest BCUT2D eigenvalue weighted by Crippen LogP contribution is 2.32. The van der Waals surface area contributed by atoms with Crippen LogP contribution in [0.3, 0.4) is 0 Å². The van der Waals surface area contributed by atoms with E-state index in [0.29, 0.717) is 10.7 Å². The average molecular weight is 386 g/mol. The summed E-state index contributed by atoms with van der Waals surface area (Å²) in [6.07, 6.45) is 0. The van der Waals surface area contributed by atoms with Crippen LogP contribution in [0.1, 0.15) is 13.8 Å². The Kier molecular flexibility index (Phi) is 6.95. The van der Waals surface area contributed by atoms with Gasteiger partial charge in [0.2, 0.25) is 5.91 Å². The fraction of sp³-hybridized carbons (Fsp3) is 0.267. The molecule has 1 aromatic carbocycles. The fourth-order valence-electron chi connectivity index (χ4n) is 1.50. The lowest BCUT2D eigenvalue weighted by Crippen LogP contribution is -2.22. The number of thioether (sulfide) groups is 2. The molecule has 2 rings (SSSR count). The minimum absolute atomic E-state index is 0.0939. The van der Waals surface area contributed by atoms with Crippen LogP contribution < -0.4 is 5.32 Å². The van der Waals surface area contributed by atoms with Crippen LogP contribution in [0.5, 0.6) is 0 Å². The van der Waals surface area contributed by atoms with Gasteiger partial charge in [-0.3, -0.25) is 4.79 Å². The van der Waals surface area contributed by atoms with Gasteiger partial charge in [-0.15, -0.1) is 10.2 Å². The number of amides is 1. The van der Waals surface area contributed by atoms with Gasteiger partial charge in [-0.2, -0.15) is 0 Å². The van der Waals surface area contributed by atoms with Gasteiger partial charge in [-0.1, -0.05) is 64.7 Å². The summed E-state index contributed by atoms with van der Waals surface area (Å²) in [6.45, 7) is 7.68. The maximum absolute atomic E-state index is 12.2. The fourth-order valence-corrected chi connectivity index (χ4v) is 4.70. The highest BCUT2D eigenvalue weighted by Gasteiger charge is 2.17. The Morgan fingerprint density at radius 2 is 2.17 bits per heavy atom. The maximum atomic E-state index is 12.2. The molecule has 0 saturated carbocycles. The van der Waals surface area contributed by atoms with Gasteiger partial charge in [0.05, 0.1) is 5.25 Å². The van der Waals surface area contributed by atoms with Crippen molar-refractivity contribution in [2.45, 2.75) is 27.8 Å². The summed E-state index contributed by atoms with van der Waals surface area (Å²) in [5.41, 5.74) is 1.78. The van der Waals surface area contributed by atoms with Crippen LogP contribution in [0.2, 0.25) is 5.02 Å². The molecule has 0 bridgehead atoms. The highest BCUT2D eigenvalue weighted by atomic mass is 35.5. The predicted octanol–water partition coefficient (Wildman–Crippen LogP) is 4.98. The van der Waals surface area contributed by atoms with Crippen LogP contribution in [0.4, 0.5) is 5.69 Å². The topological polar surface area (TPSA) is 54.9 Å². The lowest BCUT2D eigenvalue weighted by atomic mass is 10.3. The number of hydrogen-bond acceptors (Lipinski definition) is 6. The number of anilines is 1. The first-order chi connectivity index (χ1) is 10.9. The van der Waals surface area contributed by atoms with Gasteiger partial charge in [-0.05, 0) is 32.0 Å². The SMILES string of the molecule is C=C(C)CSc1nnc(S[C@H](C)C(=O)Nc2cccc(Cl)c2)s1. The third kappa shape index (κ3) is 6.18. The monoisotopic (exact) mass is 385 g/mol. The van der Waals surface area contributed by atoms with Crippen molar-refractivity contribution in [3.63, 3.8) is 0 Å². The number of nitrogens with zero attached hydrogens (tertiary/aromatic N) is 2. The van der Waals surface area contributed by atoms with E-state index in [0.717, 1.165) is 20.0 Å². The van der Waals surface area contributed by atoms with Gasteiger partial charge >= 0.3 is 0 Å². The normalized spacial score (nSPS) is 12.0. The summed E-state index contributed by atoms with van der Waals surface area (Å²) in [4.78, 5) is 12.2. The standard InChI is InChI=1S/C15H16ClN3OS3/c1-9(2)8-21-14-18-19-15(23-14)22-10(3)13(20)17-12-6-4-5-11(16)7-12/h4-7,10H,1,8H2,2-3H3,(H,17,20)/t10-/m1/s1. The molecule has 0 aliphatic rings. The molecular formula is C15H16ClN3OS3. The molecule has 0 unspecified atom stereocenters. The summed E-state index contributed by atoms with van der Waals surface area (Å²) < 4.78 is 1.67. The molecule has 2 aromatic rings. The molecule has 1 heterocycles. The van der Waals surface area contributed by atoms with Crippen molar-refractivity contribution in [3.05, 3.63) is 41.4 Å². The quantitative estimate of drug-likeness (QED) is 0.538. The summed E-state index contributed by atoms with van der Waals surface area (Å²) in [7, 11) is 0. The van der Waals surface area contributed by atoms with Crippen molar-refractivity contribution in [2.24, 2.45) is 0 Å². The van der Waals surface area contributed by atoms with E-state index in [-0.39, 0.29) is 11.2 Å².